The number of nitrogens with one attached hydrogen (secondary N) is 1. The summed E-state index contributed by atoms with van der Waals surface area (Å²) < 4.78 is 5.83. The van der Waals surface area contributed by atoms with E-state index < -0.39 is 0 Å². The number of furan rings is 1. The summed E-state index contributed by atoms with van der Waals surface area (Å²) in [6.07, 6.45) is 1.75. The van der Waals surface area contributed by atoms with Crippen LogP contribution in [0.3, 0.4) is 0 Å². The van der Waals surface area contributed by atoms with E-state index in [4.69, 9.17) is 4.42 Å². The molecule has 1 aliphatic heterocycles. The molecule has 3 aromatic rings. The van der Waals surface area contributed by atoms with Gasteiger partial charge in [-0.15, -0.1) is 0 Å². The van der Waals surface area contributed by atoms with Gasteiger partial charge in [-0.25, -0.2) is 0 Å². The van der Waals surface area contributed by atoms with E-state index >= 15 is 0 Å². The monoisotopic (exact) mass is 360 g/mol. The molecule has 0 saturated carbocycles. The van der Waals surface area contributed by atoms with Gasteiger partial charge >= 0.3 is 0 Å². The molecule has 1 fully saturated rings. The van der Waals surface area contributed by atoms with Gasteiger partial charge in [0.1, 0.15) is 11.5 Å². The Morgan fingerprint density at radius 3 is 2.46 bits per heavy atom. The maximum absolute atomic E-state index is 12.2. The van der Waals surface area contributed by atoms with Gasteiger partial charge in [-0.2, -0.15) is 0 Å². The van der Waals surface area contributed by atoms with Gasteiger partial charge in [0.05, 0.1) is 11.4 Å². The number of carbonyl (C=O) groups is 1. The first-order chi connectivity index (χ1) is 12.8. The second-order valence-corrected chi connectivity index (χ2v) is 6.77. The topological polar surface area (TPSA) is 54.6 Å². The van der Waals surface area contributed by atoms with Gasteiger partial charge in [-0.3, -0.25) is 9.79 Å². The average Bonchev–Trinajstić information content (AvgIpc) is 3.29. The SMILES string of the molecule is O=C1NC(=NCc2ccccc2)S/C1=C\c1ccc(-c2ccccc2)o1. The Kier molecular flexibility index (Phi) is 4.71. The molecular weight excluding hydrogens is 344 g/mol. The van der Waals surface area contributed by atoms with Crippen molar-refractivity contribution >= 4 is 28.9 Å². The molecule has 26 heavy (non-hydrogen) atoms. The first kappa shape index (κ1) is 16.4. The van der Waals surface area contributed by atoms with Gasteiger partial charge in [-0.1, -0.05) is 60.7 Å². The highest BCUT2D eigenvalue weighted by atomic mass is 32.2. The summed E-state index contributed by atoms with van der Waals surface area (Å²) in [6.45, 7) is 0.537. The number of hydrogen-bond donors (Lipinski definition) is 1. The van der Waals surface area contributed by atoms with Crippen molar-refractivity contribution in [3.8, 4) is 11.3 Å². The number of carbonyl (C=O) groups excluding carboxylic acids is 1. The molecule has 128 valence electrons. The van der Waals surface area contributed by atoms with Crippen LogP contribution in [0.4, 0.5) is 0 Å². The van der Waals surface area contributed by atoms with Crippen LogP contribution >= 0.6 is 11.8 Å². The quantitative estimate of drug-likeness (QED) is 0.686. The third kappa shape index (κ3) is 3.78. The fourth-order valence-corrected chi connectivity index (χ4v) is 3.37. The summed E-state index contributed by atoms with van der Waals surface area (Å²) in [4.78, 5) is 17.2. The first-order valence-corrected chi connectivity index (χ1v) is 9.04. The lowest BCUT2D eigenvalue weighted by Crippen LogP contribution is -2.19. The molecule has 0 spiro atoms. The van der Waals surface area contributed by atoms with E-state index in [1.807, 2.05) is 72.8 Å². The van der Waals surface area contributed by atoms with Crippen molar-refractivity contribution in [2.45, 2.75) is 6.54 Å². The van der Waals surface area contributed by atoms with Crippen LogP contribution in [0, 0.1) is 0 Å². The Balaban J connectivity index is 1.48. The maximum atomic E-state index is 12.2. The van der Waals surface area contributed by atoms with Gasteiger partial charge in [0.25, 0.3) is 5.91 Å². The minimum atomic E-state index is -0.153. The molecule has 0 aliphatic carbocycles. The van der Waals surface area contributed by atoms with E-state index in [1.54, 1.807) is 6.08 Å². The third-order valence-corrected chi connectivity index (χ3v) is 4.81. The molecule has 0 bridgehead atoms. The number of thioether (sulfide) groups is 1. The molecule has 4 nitrogen and oxygen atoms in total. The number of nitrogens with zero attached hydrogens (tertiary/aromatic N) is 1. The van der Waals surface area contributed by atoms with Crippen LogP contribution < -0.4 is 5.32 Å². The van der Waals surface area contributed by atoms with Crippen LogP contribution in [0.2, 0.25) is 0 Å². The Bertz CT molecular complexity index is 976. The van der Waals surface area contributed by atoms with Crippen molar-refractivity contribution in [2.24, 2.45) is 4.99 Å². The summed E-state index contributed by atoms with van der Waals surface area (Å²) in [7, 11) is 0. The number of aliphatic imine (C=N–C) groups is 1. The van der Waals surface area contributed by atoms with Crippen LogP contribution in [-0.4, -0.2) is 11.1 Å². The van der Waals surface area contributed by atoms with Crippen molar-refractivity contribution < 1.29 is 9.21 Å². The van der Waals surface area contributed by atoms with Crippen LogP contribution in [0.1, 0.15) is 11.3 Å². The molecule has 0 atom stereocenters. The Labute approximate surface area is 155 Å². The number of benzene rings is 2. The standard InChI is InChI=1S/C21H16N2O2S/c24-20-19(26-21(23-20)22-14-15-7-3-1-4-8-15)13-17-11-12-18(25-17)16-9-5-2-6-10-16/h1-13H,14H2,(H,22,23,24)/b19-13-. The highest BCUT2D eigenvalue weighted by molar-refractivity contribution is 8.18. The van der Waals surface area contributed by atoms with Gasteiger partial charge in [0.15, 0.2) is 5.17 Å². The van der Waals surface area contributed by atoms with Crippen molar-refractivity contribution in [2.75, 3.05) is 0 Å². The average molecular weight is 360 g/mol. The predicted octanol–water partition coefficient (Wildman–Crippen LogP) is 4.71. The lowest BCUT2D eigenvalue weighted by molar-refractivity contribution is -0.115. The molecule has 0 radical (unpaired) electrons. The molecule has 5 heteroatoms. The Hall–Kier alpha value is -3.05. The number of amidine groups is 1. The molecule has 1 amide bonds. The molecule has 1 saturated heterocycles. The van der Waals surface area contributed by atoms with Gasteiger partial charge in [-0.05, 0) is 29.5 Å². The summed E-state index contributed by atoms with van der Waals surface area (Å²) in [6, 6.07) is 23.6. The highest BCUT2D eigenvalue weighted by Gasteiger charge is 2.24. The van der Waals surface area contributed by atoms with Gasteiger partial charge < -0.3 is 9.73 Å². The summed E-state index contributed by atoms with van der Waals surface area (Å²) in [5.74, 6) is 1.27. The van der Waals surface area contributed by atoms with E-state index in [9.17, 15) is 4.79 Å². The molecule has 4 rings (SSSR count). The minimum Gasteiger partial charge on any atom is -0.457 e. The lowest BCUT2D eigenvalue weighted by atomic mass is 10.2. The molecular formula is C21H16N2O2S. The summed E-state index contributed by atoms with van der Waals surface area (Å²) in [5.41, 5.74) is 2.11. The Morgan fingerprint density at radius 2 is 1.69 bits per heavy atom. The smallest absolute Gasteiger partial charge is 0.264 e. The predicted molar refractivity (Wildman–Crippen MR) is 105 cm³/mol. The van der Waals surface area contributed by atoms with E-state index in [-0.39, 0.29) is 5.91 Å². The zero-order chi connectivity index (χ0) is 17.8. The maximum Gasteiger partial charge on any atom is 0.264 e. The van der Waals surface area contributed by atoms with E-state index in [1.165, 1.54) is 11.8 Å². The second-order valence-electron chi connectivity index (χ2n) is 5.74. The van der Waals surface area contributed by atoms with Crippen molar-refractivity contribution in [3.05, 3.63) is 89.0 Å². The zero-order valence-corrected chi connectivity index (χ0v) is 14.7. The van der Waals surface area contributed by atoms with Crippen LogP contribution in [0.25, 0.3) is 17.4 Å². The molecule has 1 aliphatic rings. The molecule has 2 heterocycles. The molecule has 1 aromatic heterocycles. The summed E-state index contributed by atoms with van der Waals surface area (Å²) in [5, 5.41) is 3.41. The van der Waals surface area contributed by atoms with Gasteiger partial charge in [0.2, 0.25) is 0 Å². The highest BCUT2D eigenvalue weighted by Crippen LogP contribution is 2.28. The van der Waals surface area contributed by atoms with E-state index in [0.717, 1.165) is 16.9 Å². The third-order valence-electron chi connectivity index (χ3n) is 3.86. The van der Waals surface area contributed by atoms with Crippen LogP contribution in [-0.2, 0) is 11.3 Å². The molecule has 1 N–H and O–H groups in total. The van der Waals surface area contributed by atoms with Crippen molar-refractivity contribution in [1.82, 2.24) is 5.32 Å². The largest absolute Gasteiger partial charge is 0.457 e. The summed E-state index contributed by atoms with van der Waals surface area (Å²) >= 11 is 1.33. The van der Waals surface area contributed by atoms with E-state index in [2.05, 4.69) is 10.3 Å². The molecule has 0 unspecified atom stereocenters. The van der Waals surface area contributed by atoms with Crippen LogP contribution in [0.15, 0.2) is 87.1 Å². The second kappa shape index (κ2) is 7.45. The van der Waals surface area contributed by atoms with E-state index in [0.29, 0.717) is 22.4 Å². The number of rotatable bonds is 4. The van der Waals surface area contributed by atoms with Crippen LogP contribution in [0.5, 0.6) is 0 Å². The van der Waals surface area contributed by atoms with Gasteiger partial charge in [0, 0.05) is 11.6 Å². The fourth-order valence-electron chi connectivity index (χ4n) is 2.57. The zero-order valence-electron chi connectivity index (χ0n) is 13.9. The van der Waals surface area contributed by atoms with Crippen molar-refractivity contribution in [3.63, 3.8) is 0 Å². The fraction of sp³-hybridized carbons (Fsp3) is 0.0476. The Morgan fingerprint density at radius 1 is 0.962 bits per heavy atom. The number of amides is 1. The van der Waals surface area contributed by atoms with Crippen molar-refractivity contribution in [1.29, 1.82) is 0 Å². The normalized spacial score (nSPS) is 17.0. The minimum absolute atomic E-state index is 0.153. The molecule has 2 aromatic carbocycles. The lowest BCUT2D eigenvalue weighted by Gasteiger charge is -1.96. The first-order valence-electron chi connectivity index (χ1n) is 8.22. The number of hydrogen-bond acceptors (Lipinski definition) is 4.